The Bertz CT molecular complexity index is 560. The third-order valence-corrected chi connectivity index (χ3v) is 4.19. The first-order valence-electron chi connectivity index (χ1n) is 6.50. The molecule has 2 aliphatic rings. The van der Waals surface area contributed by atoms with Gasteiger partial charge >= 0.3 is 0 Å². The molecule has 88 valence electrons. The van der Waals surface area contributed by atoms with E-state index in [1.54, 1.807) is 0 Å². The summed E-state index contributed by atoms with van der Waals surface area (Å²) in [6.45, 7) is 1.10. The molecule has 0 bridgehead atoms. The number of nitrogens with zero attached hydrogens (tertiary/aromatic N) is 3. The molecule has 1 aliphatic carbocycles. The van der Waals surface area contributed by atoms with Crippen molar-refractivity contribution in [3.8, 4) is 0 Å². The summed E-state index contributed by atoms with van der Waals surface area (Å²) in [4.78, 5) is 4.35. The van der Waals surface area contributed by atoms with Gasteiger partial charge in [0, 0.05) is 12.7 Å². The predicted molar refractivity (Wildman–Crippen MR) is 67.0 cm³/mol. The third kappa shape index (κ3) is 1.30. The number of anilines is 1. The summed E-state index contributed by atoms with van der Waals surface area (Å²) >= 11 is 0. The molecule has 0 radical (unpaired) electrons. The fraction of sp³-hybridized carbons (Fsp3) is 0.538. The van der Waals surface area contributed by atoms with Crippen LogP contribution >= 0.6 is 0 Å². The van der Waals surface area contributed by atoms with Crippen LogP contribution in [-0.4, -0.2) is 21.3 Å². The van der Waals surface area contributed by atoms with Gasteiger partial charge in [-0.3, -0.25) is 0 Å². The van der Waals surface area contributed by atoms with Crippen molar-refractivity contribution in [1.82, 2.24) is 14.8 Å². The van der Waals surface area contributed by atoms with E-state index in [-0.39, 0.29) is 0 Å². The summed E-state index contributed by atoms with van der Waals surface area (Å²) in [5.41, 5.74) is 0.876. The Labute approximate surface area is 100 Å². The second kappa shape index (κ2) is 3.45. The Morgan fingerprint density at radius 3 is 3.24 bits per heavy atom. The van der Waals surface area contributed by atoms with E-state index in [1.807, 2.05) is 12.3 Å². The molecule has 0 saturated heterocycles. The van der Waals surface area contributed by atoms with Gasteiger partial charge in [-0.25, -0.2) is 9.67 Å². The van der Waals surface area contributed by atoms with E-state index < -0.39 is 0 Å². The zero-order chi connectivity index (χ0) is 11.2. The van der Waals surface area contributed by atoms with Gasteiger partial charge in [0.1, 0.15) is 5.82 Å². The molecule has 1 aliphatic heterocycles. The van der Waals surface area contributed by atoms with Gasteiger partial charge in [-0.05, 0) is 30.9 Å². The maximum atomic E-state index is 4.68. The summed E-state index contributed by atoms with van der Waals surface area (Å²) in [5, 5.41) is 9.39. The lowest BCUT2D eigenvalue weighted by Gasteiger charge is -2.36. The van der Waals surface area contributed by atoms with Crippen LogP contribution < -0.4 is 5.32 Å². The highest BCUT2D eigenvalue weighted by atomic mass is 15.4. The van der Waals surface area contributed by atoms with Gasteiger partial charge < -0.3 is 5.32 Å². The number of hydrogen-bond acceptors (Lipinski definition) is 3. The minimum atomic E-state index is 0.592. The first-order chi connectivity index (χ1) is 8.43. The van der Waals surface area contributed by atoms with Crippen LogP contribution in [-0.2, 0) is 0 Å². The van der Waals surface area contributed by atoms with Crippen LogP contribution in [0.2, 0.25) is 0 Å². The maximum Gasteiger partial charge on any atom is 0.183 e. The lowest BCUT2D eigenvalue weighted by molar-refractivity contribution is 0.223. The maximum absolute atomic E-state index is 4.68. The van der Waals surface area contributed by atoms with Crippen LogP contribution in [0.5, 0.6) is 0 Å². The molecule has 1 N–H and O–H groups in total. The van der Waals surface area contributed by atoms with Crippen molar-refractivity contribution >= 4 is 16.9 Å². The zero-order valence-electron chi connectivity index (χ0n) is 9.76. The molecule has 0 amide bonds. The van der Waals surface area contributed by atoms with Crippen LogP contribution in [0.1, 0.15) is 31.7 Å². The second-order valence-corrected chi connectivity index (χ2v) is 5.16. The largest absolute Gasteiger partial charge is 0.369 e. The molecule has 2 aromatic heterocycles. The van der Waals surface area contributed by atoms with Crippen LogP contribution in [0.15, 0.2) is 18.3 Å². The van der Waals surface area contributed by atoms with E-state index in [9.17, 15) is 0 Å². The van der Waals surface area contributed by atoms with Crippen LogP contribution in [0.25, 0.3) is 11.0 Å². The topological polar surface area (TPSA) is 42.7 Å². The number of pyridine rings is 1. The average Bonchev–Trinajstić information content (AvgIpc) is 2.78. The Kier molecular flexibility index (Phi) is 1.92. The van der Waals surface area contributed by atoms with Crippen molar-refractivity contribution < 1.29 is 0 Å². The van der Waals surface area contributed by atoms with Crippen molar-refractivity contribution in [2.75, 3.05) is 11.9 Å². The smallest absolute Gasteiger partial charge is 0.183 e. The number of rotatable bonds is 0. The summed E-state index contributed by atoms with van der Waals surface area (Å²) in [6, 6.07) is 4.69. The van der Waals surface area contributed by atoms with E-state index in [0.29, 0.717) is 6.04 Å². The molecule has 3 heterocycles. The lowest BCUT2D eigenvalue weighted by atomic mass is 9.83. The Morgan fingerprint density at radius 1 is 1.29 bits per heavy atom. The first kappa shape index (κ1) is 9.45. The molecular weight excluding hydrogens is 212 g/mol. The number of aromatic nitrogens is 3. The minimum Gasteiger partial charge on any atom is -0.369 e. The average molecular weight is 228 g/mol. The number of fused-ring (bicyclic) bond motifs is 5. The molecule has 4 rings (SSSR count). The van der Waals surface area contributed by atoms with Crippen LogP contribution in [0, 0.1) is 5.92 Å². The molecule has 0 aromatic carbocycles. The predicted octanol–water partition coefficient (Wildman–Crippen LogP) is 2.59. The monoisotopic (exact) mass is 228 g/mol. The Hall–Kier alpha value is -1.58. The quantitative estimate of drug-likeness (QED) is 0.753. The third-order valence-electron chi connectivity index (χ3n) is 4.19. The molecule has 2 unspecified atom stereocenters. The molecule has 1 saturated carbocycles. The molecule has 4 nitrogen and oxygen atoms in total. The van der Waals surface area contributed by atoms with E-state index >= 15 is 0 Å². The van der Waals surface area contributed by atoms with E-state index in [1.165, 1.54) is 31.5 Å². The van der Waals surface area contributed by atoms with Crippen molar-refractivity contribution in [3.63, 3.8) is 0 Å². The number of nitrogens with one attached hydrogen (secondary N) is 1. The molecule has 0 spiro atoms. The van der Waals surface area contributed by atoms with E-state index in [4.69, 9.17) is 0 Å². The Morgan fingerprint density at radius 2 is 2.24 bits per heavy atom. The van der Waals surface area contributed by atoms with Gasteiger partial charge in [0.2, 0.25) is 0 Å². The molecule has 4 heteroatoms. The highest BCUT2D eigenvalue weighted by molar-refractivity contribution is 5.87. The van der Waals surface area contributed by atoms with Gasteiger partial charge in [0.25, 0.3) is 0 Å². The van der Waals surface area contributed by atoms with Crippen LogP contribution in [0.4, 0.5) is 5.82 Å². The highest BCUT2D eigenvalue weighted by Gasteiger charge is 2.33. The SMILES string of the molecule is c1cnc2nn3c(c2c1)NCC1CCCCC13. The van der Waals surface area contributed by atoms with Crippen molar-refractivity contribution in [3.05, 3.63) is 18.3 Å². The highest BCUT2D eigenvalue weighted by Crippen LogP contribution is 2.40. The first-order valence-corrected chi connectivity index (χ1v) is 6.50. The Balaban J connectivity index is 1.89. The fourth-order valence-corrected chi connectivity index (χ4v) is 3.33. The molecule has 2 atom stereocenters. The fourth-order valence-electron chi connectivity index (χ4n) is 3.33. The van der Waals surface area contributed by atoms with Gasteiger partial charge in [0.05, 0.1) is 11.4 Å². The van der Waals surface area contributed by atoms with Gasteiger partial charge in [-0.1, -0.05) is 12.8 Å². The van der Waals surface area contributed by atoms with E-state index in [0.717, 1.165) is 23.5 Å². The summed E-state index contributed by atoms with van der Waals surface area (Å²) in [5.74, 6) is 1.93. The van der Waals surface area contributed by atoms with Crippen molar-refractivity contribution in [1.29, 1.82) is 0 Å². The van der Waals surface area contributed by atoms with Gasteiger partial charge in [-0.15, -0.1) is 0 Å². The minimum absolute atomic E-state index is 0.592. The molecule has 17 heavy (non-hydrogen) atoms. The second-order valence-electron chi connectivity index (χ2n) is 5.16. The molecule has 1 fully saturated rings. The standard InChI is InChI=1S/C13H16N4/c1-2-6-11-9(4-1)8-15-13-10-5-3-7-14-12(10)16-17(11)13/h3,5,7,9,11,15H,1-2,4,6,8H2. The van der Waals surface area contributed by atoms with E-state index in [2.05, 4.69) is 26.1 Å². The van der Waals surface area contributed by atoms with Gasteiger partial charge in [0.15, 0.2) is 5.65 Å². The summed E-state index contributed by atoms with van der Waals surface area (Å²) < 4.78 is 2.20. The van der Waals surface area contributed by atoms with Crippen molar-refractivity contribution in [2.45, 2.75) is 31.7 Å². The lowest BCUT2D eigenvalue weighted by Crippen LogP contribution is -2.35. The van der Waals surface area contributed by atoms with Crippen molar-refractivity contribution in [2.24, 2.45) is 5.92 Å². The molecule has 2 aromatic rings. The molecular formula is C13H16N4. The van der Waals surface area contributed by atoms with Gasteiger partial charge in [-0.2, -0.15) is 5.10 Å². The summed E-state index contributed by atoms with van der Waals surface area (Å²) in [6.07, 6.45) is 7.13. The zero-order valence-corrected chi connectivity index (χ0v) is 9.76. The normalized spacial score (nSPS) is 27.3. The number of hydrogen-bond donors (Lipinski definition) is 1. The van der Waals surface area contributed by atoms with Crippen LogP contribution in [0.3, 0.4) is 0 Å². The summed E-state index contributed by atoms with van der Waals surface area (Å²) in [7, 11) is 0.